The number of hydrogen-bond acceptors (Lipinski definition) is 5. The smallest absolute Gasteiger partial charge is 0.237 e. The standard InChI is InChI=1S/C14H17ClN3O2/c1-4-20-13-10(15)8-16-14(18-13)17-11-7-9(2)5-6-12(11)19-3/h5,7-8H,4,6H2,1-3H3,(H,16,17,18). The molecule has 1 aromatic rings. The number of nitrogens with one attached hydrogen (secondary N) is 1. The Labute approximate surface area is 123 Å². The van der Waals surface area contributed by atoms with Crippen LogP contribution in [0.15, 0.2) is 29.3 Å². The van der Waals surface area contributed by atoms with Gasteiger partial charge in [0, 0.05) is 6.42 Å². The number of aromatic nitrogens is 2. The van der Waals surface area contributed by atoms with E-state index in [-0.39, 0.29) is 0 Å². The van der Waals surface area contributed by atoms with Gasteiger partial charge >= 0.3 is 0 Å². The number of ether oxygens (including phenoxy) is 2. The zero-order valence-electron chi connectivity index (χ0n) is 11.7. The van der Waals surface area contributed by atoms with Crippen LogP contribution in [0.3, 0.4) is 0 Å². The molecule has 1 aliphatic rings. The van der Waals surface area contributed by atoms with E-state index in [2.05, 4.69) is 21.7 Å². The minimum atomic E-state index is 0.370. The summed E-state index contributed by atoms with van der Waals surface area (Å²) in [5, 5.41) is 3.53. The fraction of sp³-hybridized carbons (Fsp3) is 0.357. The van der Waals surface area contributed by atoms with Gasteiger partial charge in [0.05, 0.1) is 25.6 Å². The van der Waals surface area contributed by atoms with Crippen molar-refractivity contribution in [3.8, 4) is 5.88 Å². The van der Waals surface area contributed by atoms with Crippen molar-refractivity contribution in [1.29, 1.82) is 0 Å². The Morgan fingerprint density at radius 2 is 2.25 bits per heavy atom. The van der Waals surface area contributed by atoms with Gasteiger partial charge in [0.1, 0.15) is 10.8 Å². The van der Waals surface area contributed by atoms with Gasteiger partial charge in [0.2, 0.25) is 11.8 Å². The van der Waals surface area contributed by atoms with Crippen LogP contribution in [0.5, 0.6) is 5.88 Å². The Kier molecular flexibility index (Phi) is 4.84. The first-order chi connectivity index (χ1) is 9.63. The third-order valence-corrected chi connectivity index (χ3v) is 3.03. The average molecular weight is 295 g/mol. The molecule has 1 heterocycles. The largest absolute Gasteiger partial charge is 0.499 e. The molecule has 1 N–H and O–H groups in total. The number of anilines is 1. The van der Waals surface area contributed by atoms with Crippen LogP contribution in [-0.4, -0.2) is 23.7 Å². The molecule has 2 rings (SSSR count). The van der Waals surface area contributed by atoms with Crippen molar-refractivity contribution >= 4 is 17.5 Å². The second-order valence-electron chi connectivity index (χ2n) is 4.24. The number of nitrogens with zero attached hydrogens (tertiary/aromatic N) is 2. The van der Waals surface area contributed by atoms with Crippen molar-refractivity contribution in [2.45, 2.75) is 20.3 Å². The molecule has 0 atom stereocenters. The molecule has 0 aromatic carbocycles. The van der Waals surface area contributed by atoms with Crippen molar-refractivity contribution < 1.29 is 9.47 Å². The van der Waals surface area contributed by atoms with Gasteiger partial charge in [-0.3, -0.25) is 0 Å². The Morgan fingerprint density at radius 1 is 1.45 bits per heavy atom. The first-order valence-corrected chi connectivity index (χ1v) is 6.72. The first kappa shape index (κ1) is 14.7. The fourth-order valence-electron chi connectivity index (χ4n) is 1.80. The minimum absolute atomic E-state index is 0.370. The van der Waals surface area contributed by atoms with Crippen LogP contribution in [0.25, 0.3) is 0 Å². The highest BCUT2D eigenvalue weighted by atomic mass is 35.5. The van der Waals surface area contributed by atoms with E-state index in [1.807, 2.05) is 19.9 Å². The summed E-state index contributed by atoms with van der Waals surface area (Å²) in [6.45, 7) is 4.40. The Balaban J connectivity index is 2.25. The number of halogens is 1. The predicted molar refractivity (Wildman–Crippen MR) is 78.5 cm³/mol. The number of hydrogen-bond donors (Lipinski definition) is 1. The predicted octanol–water partition coefficient (Wildman–Crippen LogP) is 3.35. The Bertz CT molecular complexity index is 555. The van der Waals surface area contributed by atoms with Crippen molar-refractivity contribution in [3.05, 3.63) is 40.7 Å². The highest BCUT2D eigenvalue weighted by Crippen LogP contribution is 2.26. The molecule has 0 aliphatic heterocycles. The maximum atomic E-state index is 5.97. The van der Waals surface area contributed by atoms with Crippen molar-refractivity contribution in [2.75, 3.05) is 19.0 Å². The highest BCUT2D eigenvalue weighted by molar-refractivity contribution is 6.31. The van der Waals surface area contributed by atoms with Crippen LogP contribution in [-0.2, 0) is 4.74 Å². The molecule has 0 unspecified atom stereocenters. The summed E-state index contributed by atoms with van der Waals surface area (Å²) in [4.78, 5) is 8.39. The van der Waals surface area contributed by atoms with Gasteiger partial charge in [-0.15, -0.1) is 0 Å². The monoisotopic (exact) mass is 294 g/mol. The molecule has 1 aliphatic carbocycles. The van der Waals surface area contributed by atoms with Crippen LogP contribution in [0.2, 0.25) is 5.02 Å². The van der Waals surface area contributed by atoms with Crippen LogP contribution in [0, 0.1) is 6.42 Å². The van der Waals surface area contributed by atoms with E-state index >= 15 is 0 Å². The average Bonchev–Trinajstić information content (AvgIpc) is 2.43. The van der Waals surface area contributed by atoms with Crippen molar-refractivity contribution in [1.82, 2.24) is 9.97 Å². The lowest BCUT2D eigenvalue weighted by Gasteiger charge is -2.18. The molecule has 0 saturated carbocycles. The number of allylic oxidation sites excluding steroid dienone is 3. The van der Waals surface area contributed by atoms with Crippen molar-refractivity contribution in [3.63, 3.8) is 0 Å². The molecular formula is C14H17ClN3O2. The maximum Gasteiger partial charge on any atom is 0.237 e. The molecule has 0 bridgehead atoms. The van der Waals surface area contributed by atoms with Gasteiger partial charge in [-0.2, -0.15) is 4.98 Å². The number of rotatable bonds is 5. The van der Waals surface area contributed by atoms with E-state index in [1.54, 1.807) is 7.11 Å². The molecule has 107 valence electrons. The number of methoxy groups -OCH3 is 1. The summed E-state index contributed by atoms with van der Waals surface area (Å²) >= 11 is 5.97. The molecule has 0 amide bonds. The van der Waals surface area contributed by atoms with Crippen LogP contribution < -0.4 is 10.1 Å². The molecule has 6 heteroatoms. The zero-order chi connectivity index (χ0) is 14.5. The zero-order valence-corrected chi connectivity index (χ0v) is 12.5. The van der Waals surface area contributed by atoms with Gasteiger partial charge in [0.15, 0.2) is 0 Å². The normalized spacial score (nSPS) is 14.9. The van der Waals surface area contributed by atoms with Gasteiger partial charge in [0.25, 0.3) is 0 Å². The Morgan fingerprint density at radius 3 is 2.95 bits per heavy atom. The maximum absolute atomic E-state index is 5.97. The molecule has 5 nitrogen and oxygen atoms in total. The molecule has 0 spiro atoms. The van der Waals surface area contributed by atoms with E-state index in [9.17, 15) is 0 Å². The second kappa shape index (κ2) is 6.61. The summed E-state index contributed by atoms with van der Waals surface area (Å²) in [5.41, 5.74) is 2.00. The van der Waals surface area contributed by atoms with Crippen molar-refractivity contribution in [2.24, 2.45) is 0 Å². The van der Waals surface area contributed by atoms with E-state index in [0.717, 1.165) is 23.5 Å². The molecule has 1 radical (unpaired) electrons. The molecule has 1 aromatic heterocycles. The van der Waals surface area contributed by atoms with Gasteiger partial charge in [-0.05, 0) is 26.3 Å². The SMILES string of the molecule is CCOc1nc(NC2=C(OC)C[CH]C(C)=C2)ncc1Cl. The summed E-state index contributed by atoms with van der Waals surface area (Å²) in [7, 11) is 1.65. The summed E-state index contributed by atoms with van der Waals surface area (Å²) in [6.07, 6.45) is 6.34. The van der Waals surface area contributed by atoms with E-state index < -0.39 is 0 Å². The summed E-state index contributed by atoms with van der Waals surface area (Å²) < 4.78 is 10.7. The van der Waals surface area contributed by atoms with Crippen LogP contribution >= 0.6 is 11.6 Å². The third-order valence-electron chi connectivity index (χ3n) is 2.77. The molecule has 0 fully saturated rings. The van der Waals surface area contributed by atoms with Gasteiger partial charge < -0.3 is 14.8 Å². The lowest BCUT2D eigenvalue weighted by molar-refractivity contribution is 0.278. The Hall–Kier alpha value is -1.75. The van der Waals surface area contributed by atoms with E-state index in [0.29, 0.717) is 23.5 Å². The first-order valence-electron chi connectivity index (χ1n) is 6.35. The third kappa shape index (κ3) is 3.42. The summed E-state index contributed by atoms with van der Waals surface area (Å²) in [6, 6.07) is 0. The van der Waals surface area contributed by atoms with E-state index in [1.165, 1.54) is 6.20 Å². The fourth-order valence-corrected chi connectivity index (χ4v) is 1.95. The second-order valence-corrected chi connectivity index (χ2v) is 4.65. The van der Waals surface area contributed by atoms with Crippen LogP contribution in [0.4, 0.5) is 5.95 Å². The summed E-state index contributed by atoms with van der Waals surface area (Å²) in [5.74, 6) is 1.63. The van der Waals surface area contributed by atoms with Gasteiger partial charge in [-0.25, -0.2) is 4.98 Å². The highest BCUT2D eigenvalue weighted by Gasteiger charge is 2.14. The molecule has 0 saturated heterocycles. The lowest BCUT2D eigenvalue weighted by Crippen LogP contribution is -2.10. The molecule has 20 heavy (non-hydrogen) atoms. The lowest BCUT2D eigenvalue weighted by atomic mass is 10.0. The quantitative estimate of drug-likeness (QED) is 0.902. The van der Waals surface area contributed by atoms with Gasteiger partial charge in [-0.1, -0.05) is 17.2 Å². The topological polar surface area (TPSA) is 56.3 Å². The molecular weight excluding hydrogens is 278 g/mol. The minimum Gasteiger partial charge on any atom is -0.499 e. The van der Waals surface area contributed by atoms with Crippen LogP contribution in [0.1, 0.15) is 20.3 Å². The van der Waals surface area contributed by atoms with E-state index in [4.69, 9.17) is 21.1 Å².